The van der Waals surface area contributed by atoms with E-state index < -0.39 is 0 Å². The number of anilines is 5. The van der Waals surface area contributed by atoms with Gasteiger partial charge >= 0.3 is 6.03 Å². The number of rotatable bonds is 6. The maximum atomic E-state index is 13.4. The van der Waals surface area contributed by atoms with Gasteiger partial charge in [0.2, 0.25) is 0 Å². The molecule has 4 aromatic rings. The summed E-state index contributed by atoms with van der Waals surface area (Å²) < 4.78 is 5.46. The first-order chi connectivity index (χ1) is 20.1. The summed E-state index contributed by atoms with van der Waals surface area (Å²) in [6.45, 7) is 6.28. The number of hydrogen-bond donors (Lipinski definition) is 2. The molecule has 3 aliphatic heterocycles. The molecule has 0 bridgehead atoms. The first-order valence-electron chi connectivity index (χ1n) is 14.1. The number of carbonyl (C=O) groups is 2. The fraction of sp³-hybridized carbons (Fsp3) is 0.333. The fourth-order valence-corrected chi connectivity index (χ4v) is 6.74. The summed E-state index contributed by atoms with van der Waals surface area (Å²) in [4.78, 5) is 43.0. The van der Waals surface area contributed by atoms with Crippen molar-refractivity contribution in [3.63, 3.8) is 0 Å². The molecule has 2 fully saturated rings. The number of likely N-dealkylation sites (tertiary alicyclic amines) is 1. The number of nitrogens with zero attached hydrogens (tertiary/aromatic N) is 5. The van der Waals surface area contributed by atoms with Gasteiger partial charge in [-0.25, -0.2) is 19.7 Å². The number of benzene rings is 2. The van der Waals surface area contributed by atoms with Gasteiger partial charge in [0.1, 0.15) is 16.0 Å². The molecule has 0 unspecified atom stereocenters. The Hall–Kier alpha value is -4.06. The second-order valence-corrected chi connectivity index (χ2v) is 11.6. The molecule has 5 heterocycles. The topological polar surface area (TPSA) is 103 Å². The van der Waals surface area contributed by atoms with Gasteiger partial charge in [-0.1, -0.05) is 18.6 Å². The van der Waals surface area contributed by atoms with Gasteiger partial charge in [-0.05, 0) is 67.9 Å². The fourth-order valence-electron chi connectivity index (χ4n) is 5.76. The molecule has 7 rings (SSSR count). The van der Waals surface area contributed by atoms with Crippen LogP contribution in [-0.2, 0) is 11.3 Å². The van der Waals surface area contributed by atoms with Crippen molar-refractivity contribution >= 4 is 62.1 Å². The molecule has 0 radical (unpaired) electrons. The Morgan fingerprint density at radius 2 is 1.66 bits per heavy atom. The lowest BCUT2D eigenvalue weighted by Gasteiger charge is -2.30. The standard InChI is InChI=1S/C30H31N7O3S/c38-28(33-21-6-4-20(5-7-21)18-35-12-2-1-3-13-35)26-25-24-27(31-19-32-29(24)41-26)37(30(39)34-25)23-10-8-22(9-11-23)36-14-16-40-17-15-36/h4-11,19H,1-3,12-18H2,(H,33,38)(H,34,39). The molecule has 0 atom stereocenters. The molecule has 11 heteroatoms. The van der Waals surface area contributed by atoms with Crippen LogP contribution in [0.5, 0.6) is 0 Å². The highest BCUT2D eigenvalue weighted by atomic mass is 32.1. The SMILES string of the molecule is O=C(Nc1ccc(CN2CCCCC2)cc1)c1sc2ncnc3c2c1NC(=O)N3c1ccc(N2CCOCC2)cc1. The van der Waals surface area contributed by atoms with E-state index in [9.17, 15) is 9.59 Å². The molecule has 2 aromatic carbocycles. The summed E-state index contributed by atoms with van der Waals surface area (Å²) in [5.41, 5.74) is 4.15. The summed E-state index contributed by atoms with van der Waals surface area (Å²) in [7, 11) is 0. The Morgan fingerprint density at radius 1 is 0.927 bits per heavy atom. The van der Waals surface area contributed by atoms with E-state index in [-0.39, 0.29) is 11.9 Å². The van der Waals surface area contributed by atoms with Crippen molar-refractivity contribution in [1.82, 2.24) is 14.9 Å². The van der Waals surface area contributed by atoms with Crippen molar-refractivity contribution in [2.45, 2.75) is 25.8 Å². The largest absolute Gasteiger partial charge is 0.378 e. The minimum absolute atomic E-state index is 0.290. The van der Waals surface area contributed by atoms with Crippen molar-refractivity contribution in [1.29, 1.82) is 0 Å². The minimum Gasteiger partial charge on any atom is -0.378 e. The van der Waals surface area contributed by atoms with Crippen LogP contribution >= 0.6 is 11.3 Å². The highest BCUT2D eigenvalue weighted by Crippen LogP contribution is 2.45. The summed E-state index contributed by atoms with van der Waals surface area (Å²) in [6.07, 6.45) is 5.27. The van der Waals surface area contributed by atoms with Gasteiger partial charge < -0.3 is 20.3 Å². The number of aromatic nitrogens is 2. The first kappa shape index (κ1) is 25.9. The van der Waals surface area contributed by atoms with Crippen LogP contribution < -0.4 is 20.4 Å². The normalized spacial score (nSPS) is 17.5. The van der Waals surface area contributed by atoms with Crippen molar-refractivity contribution in [2.24, 2.45) is 0 Å². The average Bonchev–Trinajstić information content (AvgIpc) is 3.39. The van der Waals surface area contributed by atoms with Crippen molar-refractivity contribution in [3.05, 3.63) is 65.3 Å². The average molecular weight is 570 g/mol. The number of amides is 3. The van der Waals surface area contributed by atoms with E-state index in [0.29, 0.717) is 51.2 Å². The third-order valence-electron chi connectivity index (χ3n) is 7.87. The molecule has 0 saturated carbocycles. The van der Waals surface area contributed by atoms with Crippen LogP contribution in [0.3, 0.4) is 0 Å². The quantitative estimate of drug-likeness (QED) is 0.318. The lowest BCUT2D eigenvalue weighted by Crippen LogP contribution is -2.36. The van der Waals surface area contributed by atoms with Gasteiger partial charge in [0.05, 0.1) is 30.0 Å². The van der Waals surface area contributed by atoms with Crippen LogP contribution in [0.25, 0.3) is 10.2 Å². The summed E-state index contributed by atoms with van der Waals surface area (Å²) >= 11 is 1.25. The molecule has 210 valence electrons. The third-order valence-corrected chi connectivity index (χ3v) is 8.97. The maximum absolute atomic E-state index is 13.4. The van der Waals surface area contributed by atoms with Gasteiger partial charge in [-0.2, -0.15) is 0 Å². The second kappa shape index (κ2) is 11.1. The number of ether oxygens (including phenoxy) is 1. The molecule has 2 saturated heterocycles. The number of urea groups is 1. The molecule has 3 aliphatic rings. The molecule has 41 heavy (non-hydrogen) atoms. The Labute approximate surface area is 241 Å². The van der Waals surface area contributed by atoms with Crippen LogP contribution in [0, 0.1) is 0 Å². The van der Waals surface area contributed by atoms with Crippen LogP contribution in [-0.4, -0.2) is 66.2 Å². The van der Waals surface area contributed by atoms with E-state index in [1.807, 2.05) is 36.4 Å². The summed E-state index contributed by atoms with van der Waals surface area (Å²) in [6, 6.07) is 15.5. The van der Waals surface area contributed by atoms with Crippen molar-refractivity contribution < 1.29 is 14.3 Å². The predicted molar refractivity (Wildman–Crippen MR) is 162 cm³/mol. The Morgan fingerprint density at radius 3 is 2.41 bits per heavy atom. The van der Waals surface area contributed by atoms with E-state index in [4.69, 9.17) is 4.74 Å². The number of morpholine rings is 1. The summed E-state index contributed by atoms with van der Waals surface area (Å²) in [5.74, 6) is 0.173. The number of piperidine rings is 1. The number of thiophene rings is 1. The molecular formula is C30H31N7O3S. The zero-order valence-corrected chi connectivity index (χ0v) is 23.5. The van der Waals surface area contributed by atoms with Crippen molar-refractivity contribution in [3.8, 4) is 0 Å². The van der Waals surface area contributed by atoms with E-state index in [1.54, 1.807) is 0 Å². The zero-order valence-electron chi connectivity index (χ0n) is 22.6. The van der Waals surface area contributed by atoms with Crippen molar-refractivity contribution in [2.75, 3.05) is 59.8 Å². The van der Waals surface area contributed by atoms with Crippen LogP contribution in [0.2, 0.25) is 0 Å². The highest BCUT2D eigenvalue weighted by molar-refractivity contribution is 7.21. The molecule has 2 N–H and O–H groups in total. The second-order valence-electron chi connectivity index (χ2n) is 10.6. The lowest BCUT2D eigenvalue weighted by atomic mass is 10.1. The predicted octanol–water partition coefficient (Wildman–Crippen LogP) is 5.45. The van der Waals surface area contributed by atoms with Crippen LogP contribution in [0.15, 0.2) is 54.9 Å². The molecular weight excluding hydrogens is 538 g/mol. The van der Waals surface area contributed by atoms with E-state index in [2.05, 4.69) is 42.5 Å². The highest BCUT2D eigenvalue weighted by Gasteiger charge is 2.34. The van der Waals surface area contributed by atoms with E-state index in [0.717, 1.165) is 38.4 Å². The Bertz CT molecular complexity index is 1580. The smallest absolute Gasteiger partial charge is 0.332 e. The van der Waals surface area contributed by atoms with E-state index in [1.165, 1.54) is 47.4 Å². The lowest BCUT2D eigenvalue weighted by molar-refractivity contribution is 0.103. The number of carbonyl (C=O) groups excluding carboxylic acids is 2. The van der Waals surface area contributed by atoms with Gasteiger partial charge in [0.25, 0.3) is 5.91 Å². The molecule has 0 spiro atoms. The molecule has 3 amide bonds. The van der Waals surface area contributed by atoms with Crippen LogP contribution in [0.1, 0.15) is 34.5 Å². The Balaban J connectivity index is 1.12. The number of hydrogen-bond acceptors (Lipinski definition) is 8. The van der Waals surface area contributed by atoms with Gasteiger partial charge in [0, 0.05) is 31.0 Å². The maximum Gasteiger partial charge on any atom is 0.332 e. The molecule has 2 aromatic heterocycles. The Kier molecular flexibility index (Phi) is 6.99. The van der Waals surface area contributed by atoms with Gasteiger partial charge in [-0.3, -0.25) is 9.69 Å². The molecule has 10 nitrogen and oxygen atoms in total. The minimum atomic E-state index is -0.369. The van der Waals surface area contributed by atoms with Gasteiger partial charge in [-0.15, -0.1) is 11.3 Å². The zero-order chi connectivity index (χ0) is 27.8. The van der Waals surface area contributed by atoms with Crippen LogP contribution in [0.4, 0.5) is 33.4 Å². The number of nitrogens with one attached hydrogen (secondary N) is 2. The first-order valence-corrected chi connectivity index (χ1v) is 14.9. The third kappa shape index (κ3) is 5.12. The summed E-state index contributed by atoms with van der Waals surface area (Å²) in [5, 5.41) is 6.60. The molecule has 0 aliphatic carbocycles. The van der Waals surface area contributed by atoms with Gasteiger partial charge in [0.15, 0.2) is 5.82 Å². The van der Waals surface area contributed by atoms with E-state index >= 15 is 0 Å². The monoisotopic (exact) mass is 569 g/mol.